The minimum Gasteiger partial charge on any atom is -0.496 e. The number of benzene rings is 1. The number of nitrogens with zero attached hydrogens (tertiary/aromatic N) is 3. The molecule has 2 aliphatic rings. The van der Waals surface area contributed by atoms with E-state index >= 15 is 0 Å². The first-order valence-corrected chi connectivity index (χ1v) is 9.96. The van der Waals surface area contributed by atoms with Crippen molar-refractivity contribution < 1.29 is 9.47 Å². The second-order valence-corrected chi connectivity index (χ2v) is 7.55. The lowest BCUT2D eigenvalue weighted by Crippen LogP contribution is -2.25. The maximum Gasteiger partial charge on any atom is 0.252 e. The van der Waals surface area contributed by atoms with Gasteiger partial charge >= 0.3 is 0 Å². The molecule has 0 amide bonds. The summed E-state index contributed by atoms with van der Waals surface area (Å²) in [4.78, 5) is 24.5. The molecule has 7 nitrogen and oxygen atoms in total. The van der Waals surface area contributed by atoms with Crippen LogP contribution in [-0.4, -0.2) is 55.3 Å². The van der Waals surface area contributed by atoms with Crippen LogP contribution >= 0.6 is 0 Å². The Labute approximate surface area is 165 Å². The van der Waals surface area contributed by atoms with Crippen LogP contribution in [-0.2, 0) is 6.54 Å². The highest BCUT2D eigenvalue weighted by atomic mass is 16.5. The SMILES string of the molecule is COc1cccc(OC)c1CN1CC[C@H](c2cc(=O)[nH]c(N3CCCC3)n2)C1. The molecule has 2 aromatic rings. The Balaban J connectivity index is 1.50. The molecule has 0 spiro atoms. The number of aromatic nitrogens is 2. The molecular weight excluding hydrogens is 356 g/mol. The molecule has 2 saturated heterocycles. The average molecular weight is 384 g/mol. The molecule has 0 radical (unpaired) electrons. The molecule has 0 unspecified atom stereocenters. The lowest BCUT2D eigenvalue weighted by molar-refractivity contribution is 0.305. The highest BCUT2D eigenvalue weighted by Crippen LogP contribution is 2.33. The van der Waals surface area contributed by atoms with Crippen LogP contribution in [0.4, 0.5) is 5.95 Å². The summed E-state index contributed by atoms with van der Waals surface area (Å²) in [5.41, 5.74) is 1.90. The quantitative estimate of drug-likeness (QED) is 0.825. The summed E-state index contributed by atoms with van der Waals surface area (Å²) in [5, 5.41) is 0. The van der Waals surface area contributed by atoms with Crippen molar-refractivity contribution in [2.75, 3.05) is 45.3 Å². The van der Waals surface area contributed by atoms with Crippen molar-refractivity contribution in [3.63, 3.8) is 0 Å². The first-order valence-electron chi connectivity index (χ1n) is 9.96. The molecule has 0 aliphatic carbocycles. The van der Waals surface area contributed by atoms with Gasteiger partial charge in [-0.2, -0.15) is 0 Å². The van der Waals surface area contributed by atoms with Crippen molar-refractivity contribution in [1.82, 2.24) is 14.9 Å². The fraction of sp³-hybridized carbons (Fsp3) is 0.524. The number of methoxy groups -OCH3 is 2. The molecule has 3 heterocycles. The van der Waals surface area contributed by atoms with Gasteiger partial charge in [-0.25, -0.2) is 4.98 Å². The third-order valence-corrected chi connectivity index (χ3v) is 5.76. The molecule has 2 fully saturated rings. The van der Waals surface area contributed by atoms with Gasteiger partial charge in [-0.05, 0) is 37.9 Å². The molecule has 4 rings (SSSR count). The molecule has 28 heavy (non-hydrogen) atoms. The standard InChI is InChI=1S/C21H28N4O3/c1-27-18-6-5-7-19(28-2)16(18)14-24-11-8-15(13-24)17-12-20(26)23-21(22-17)25-9-3-4-10-25/h5-7,12,15H,3-4,8-11,13-14H2,1-2H3,(H,22,23,26)/t15-/m0/s1. The summed E-state index contributed by atoms with van der Waals surface area (Å²) < 4.78 is 11.1. The summed E-state index contributed by atoms with van der Waals surface area (Å²) >= 11 is 0. The Morgan fingerprint density at radius 2 is 1.86 bits per heavy atom. The van der Waals surface area contributed by atoms with Gasteiger partial charge in [-0.1, -0.05) is 6.07 Å². The van der Waals surface area contributed by atoms with Gasteiger partial charge in [-0.15, -0.1) is 0 Å². The van der Waals surface area contributed by atoms with E-state index in [-0.39, 0.29) is 11.5 Å². The molecule has 1 atom stereocenters. The number of aromatic amines is 1. The van der Waals surface area contributed by atoms with Crippen LogP contribution in [0.2, 0.25) is 0 Å². The Bertz CT molecular complexity index is 854. The van der Waals surface area contributed by atoms with Crippen molar-refractivity contribution in [3.05, 3.63) is 45.9 Å². The highest BCUT2D eigenvalue weighted by Gasteiger charge is 2.28. The second-order valence-electron chi connectivity index (χ2n) is 7.55. The number of likely N-dealkylation sites (tertiary alicyclic amines) is 1. The predicted molar refractivity (Wildman–Crippen MR) is 108 cm³/mol. The number of hydrogen-bond acceptors (Lipinski definition) is 6. The van der Waals surface area contributed by atoms with Crippen LogP contribution < -0.4 is 19.9 Å². The van der Waals surface area contributed by atoms with E-state index in [1.807, 2.05) is 18.2 Å². The smallest absolute Gasteiger partial charge is 0.252 e. The van der Waals surface area contributed by atoms with Crippen molar-refractivity contribution >= 4 is 5.95 Å². The van der Waals surface area contributed by atoms with Crippen LogP contribution in [0.1, 0.15) is 36.4 Å². The number of H-pyrrole nitrogens is 1. The Hall–Kier alpha value is -2.54. The van der Waals surface area contributed by atoms with E-state index in [0.717, 1.165) is 80.7 Å². The third-order valence-electron chi connectivity index (χ3n) is 5.76. The zero-order valence-electron chi connectivity index (χ0n) is 16.6. The Morgan fingerprint density at radius 3 is 2.54 bits per heavy atom. The second kappa shape index (κ2) is 8.22. The summed E-state index contributed by atoms with van der Waals surface area (Å²) in [5.74, 6) is 2.68. The van der Waals surface area contributed by atoms with Crippen molar-refractivity contribution in [1.29, 1.82) is 0 Å². The van der Waals surface area contributed by atoms with Crippen LogP contribution in [0.5, 0.6) is 11.5 Å². The number of anilines is 1. The molecule has 2 aliphatic heterocycles. The molecule has 1 N–H and O–H groups in total. The zero-order chi connectivity index (χ0) is 19.5. The molecule has 7 heteroatoms. The van der Waals surface area contributed by atoms with Crippen LogP contribution in [0.25, 0.3) is 0 Å². The van der Waals surface area contributed by atoms with Crippen molar-refractivity contribution in [2.24, 2.45) is 0 Å². The molecule has 0 saturated carbocycles. The van der Waals surface area contributed by atoms with E-state index < -0.39 is 0 Å². The maximum absolute atomic E-state index is 12.2. The summed E-state index contributed by atoms with van der Waals surface area (Å²) in [6.45, 7) is 4.52. The van der Waals surface area contributed by atoms with Gasteiger partial charge in [0.1, 0.15) is 11.5 Å². The number of rotatable bonds is 6. The predicted octanol–water partition coefficient (Wildman–Crippen LogP) is 2.38. The lowest BCUT2D eigenvalue weighted by Gasteiger charge is -2.20. The Kier molecular flexibility index (Phi) is 5.52. The van der Waals surface area contributed by atoms with E-state index in [4.69, 9.17) is 14.5 Å². The minimum atomic E-state index is -0.0586. The molecule has 150 valence electrons. The average Bonchev–Trinajstić information content (AvgIpc) is 3.40. The molecule has 0 bridgehead atoms. The highest BCUT2D eigenvalue weighted by molar-refractivity contribution is 5.44. The van der Waals surface area contributed by atoms with E-state index in [1.165, 1.54) is 0 Å². The van der Waals surface area contributed by atoms with E-state index in [0.29, 0.717) is 0 Å². The molecule has 1 aromatic heterocycles. The van der Waals surface area contributed by atoms with Crippen LogP contribution in [0.15, 0.2) is 29.1 Å². The van der Waals surface area contributed by atoms with Gasteiger partial charge in [0, 0.05) is 38.2 Å². The van der Waals surface area contributed by atoms with Gasteiger partial charge in [0.15, 0.2) is 0 Å². The topological polar surface area (TPSA) is 70.7 Å². The summed E-state index contributed by atoms with van der Waals surface area (Å²) in [6, 6.07) is 7.53. The monoisotopic (exact) mass is 384 g/mol. The van der Waals surface area contributed by atoms with E-state index in [1.54, 1.807) is 20.3 Å². The largest absolute Gasteiger partial charge is 0.496 e. The van der Waals surface area contributed by atoms with Gasteiger partial charge in [0.25, 0.3) is 5.56 Å². The molecule has 1 aromatic carbocycles. The lowest BCUT2D eigenvalue weighted by atomic mass is 10.0. The van der Waals surface area contributed by atoms with Gasteiger partial charge < -0.3 is 14.4 Å². The Morgan fingerprint density at radius 1 is 1.14 bits per heavy atom. The normalized spacial score (nSPS) is 19.9. The van der Waals surface area contributed by atoms with Crippen LogP contribution in [0.3, 0.4) is 0 Å². The fourth-order valence-electron chi connectivity index (χ4n) is 4.28. The fourth-order valence-corrected chi connectivity index (χ4v) is 4.28. The first kappa shape index (κ1) is 18.8. The minimum absolute atomic E-state index is 0.0586. The first-order chi connectivity index (χ1) is 13.7. The van der Waals surface area contributed by atoms with Crippen molar-refractivity contribution in [3.8, 4) is 11.5 Å². The van der Waals surface area contributed by atoms with Gasteiger partial charge in [-0.3, -0.25) is 14.7 Å². The number of ether oxygens (including phenoxy) is 2. The number of nitrogens with one attached hydrogen (secondary N) is 1. The van der Waals surface area contributed by atoms with Gasteiger partial charge in [0.2, 0.25) is 5.95 Å². The van der Waals surface area contributed by atoms with Crippen molar-refractivity contribution in [2.45, 2.75) is 31.7 Å². The van der Waals surface area contributed by atoms with Crippen LogP contribution in [0, 0.1) is 0 Å². The third kappa shape index (κ3) is 3.85. The summed E-state index contributed by atoms with van der Waals surface area (Å²) in [7, 11) is 3.37. The van der Waals surface area contributed by atoms with E-state index in [9.17, 15) is 4.79 Å². The van der Waals surface area contributed by atoms with E-state index in [2.05, 4.69) is 14.8 Å². The summed E-state index contributed by atoms with van der Waals surface area (Å²) in [6.07, 6.45) is 3.31. The maximum atomic E-state index is 12.2. The molecular formula is C21H28N4O3. The van der Waals surface area contributed by atoms with Gasteiger partial charge in [0.05, 0.1) is 25.5 Å². The number of hydrogen-bond donors (Lipinski definition) is 1. The zero-order valence-corrected chi connectivity index (χ0v) is 16.6.